The molecule has 1 aliphatic heterocycles. The van der Waals surface area contributed by atoms with E-state index in [2.05, 4.69) is 6.92 Å². The molecule has 1 heterocycles. The fourth-order valence-electron chi connectivity index (χ4n) is 2.71. The third-order valence-electron chi connectivity index (χ3n) is 3.84. The Balaban J connectivity index is 2.10. The third-order valence-corrected chi connectivity index (χ3v) is 3.84. The Morgan fingerprint density at radius 3 is 2.80 bits per heavy atom. The zero-order valence-electron chi connectivity index (χ0n) is 12.5. The molecule has 1 atom stereocenters. The van der Waals surface area contributed by atoms with Crippen molar-refractivity contribution in [1.29, 1.82) is 0 Å². The fraction of sp³-hybridized carbons (Fsp3) is 0.562. The van der Waals surface area contributed by atoms with Crippen molar-refractivity contribution in [2.45, 2.75) is 26.2 Å². The molecule has 1 fully saturated rings. The maximum atomic E-state index is 12.4. The highest BCUT2D eigenvalue weighted by atomic mass is 16.5. The van der Waals surface area contributed by atoms with Crippen LogP contribution in [0.5, 0.6) is 11.5 Å². The number of hydrogen-bond acceptors (Lipinski definition) is 3. The second kappa shape index (κ2) is 6.64. The van der Waals surface area contributed by atoms with Crippen LogP contribution < -0.4 is 9.47 Å². The monoisotopic (exact) mass is 277 g/mol. The molecule has 0 aliphatic carbocycles. The van der Waals surface area contributed by atoms with E-state index < -0.39 is 0 Å². The summed E-state index contributed by atoms with van der Waals surface area (Å²) >= 11 is 0. The van der Waals surface area contributed by atoms with E-state index in [1.54, 1.807) is 14.2 Å². The zero-order chi connectivity index (χ0) is 14.5. The van der Waals surface area contributed by atoms with Gasteiger partial charge in [-0.25, -0.2) is 0 Å². The number of carbonyl (C=O) groups is 1. The van der Waals surface area contributed by atoms with E-state index in [9.17, 15) is 4.79 Å². The minimum atomic E-state index is 0.170. The summed E-state index contributed by atoms with van der Waals surface area (Å²) in [7, 11) is 3.25. The summed E-state index contributed by atoms with van der Waals surface area (Å²) in [5, 5.41) is 0. The first-order valence-electron chi connectivity index (χ1n) is 7.12. The van der Waals surface area contributed by atoms with Crippen molar-refractivity contribution < 1.29 is 14.3 Å². The van der Waals surface area contributed by atoms with Crippen molar-refractivity contribution >= 4 is 5.91 Å². The van der Waals surface area contributed by atoms with Crippen LogP contribution in [0.4, 0.5) is 0 Å². The summed E-state index contributed by atoms with van der Waals surface area (Å²) in [6.45, 7) is 3.94. The summed E-state index contributed by atoms with van der Waals surface area (Å²) in [5.41, 5.74) is 0.884. The van der Waals surface area contributed by atoms with Gasteiger partial charge in [0, 0.05) is 18.7 Å². The minimum Gasteiger partial charge on any atom is -0.497 e. The van der Waals surface area contributed by atoms with Crippen LogP contribution in [0, 0.1) is 5.92 Å². The number of benzene rings is 1. The number of piperidine rings is 1. The molecule has 1 aliphatic rings. The van der Waals surface area contributed by atoms with Gasteiger partial charge in [-0.2, -0.15) is 0 Å². The van der Waals surface area contributed by atoms with Crippen LogP contribution >= 0.6 is 0 Å². The molecule has 1 amide bonds. The topological polar surface area (TPSA) is 38.8 Å². The average Bonchev–Trinajstić information content (AvgIpc) is 2.47. The molecular weight excluding hydrogens is 254 g/mol. The van der Waals surface area contributed by atoms with Crippen LogP contribution in [-0.2, 0) is 11.2 Å². The zero-order valence-corrected chi connectivity index (χ0v) is 12.5. The van der Waals surface area contributed by atoms with E-state index in [0.29, 0.717) is 12.3 Å². The van der Waals surface area contributed by atoms with E-state index in [-0.39, 0.29) is 5.91 Å². The van der Waals surface area contributed by atoms with Crippen LogP contribution in [0.25, 0.3) is 0 Å². The predicted molar refractivity (Wildman–Crippen MR) is 78.2 cm³/mol. The second-order valence-electron chi connectivity index (χ2n) is 5.44. The Labute approximate surface area is 120 Å². The molecule has 0 radical (unpaired) electrons. The molecule has 4 nitrogen and oxygen atoms in total. The lowest BCUT2D eigenvalue weighted by Gasteiger charge is -2.31. The van der Waals surface area contributed by atoms with Gasteiger partial charge in [0.2, 0.25) is 5.91 Å². The first-order chi connectivity index (χ1) is 9.63. The number of hydrogen-bond donors (Lipinski definition) is 0. The summed E-state index contributed by atoms with van der Waals surface area (Å²) < 4.78 is 10.5. The molecule has 20 heavy (non-hydrogen) atoms. The molecule has 0 bridgehead atoms. The minimum absolute atomic E-state index is 0.170. The molecule has 1 aromatic rings. The van der Waals surface area contributed by atoms with Gasteiger partial charge in [-0.15, -0.1) is 0 Å². The standard InChI is InChI=1S/C16H23NO3/c1-12-5-4-8-17(11-12)16(18)10-13-9-14(19-2)6-7-15(13)20-3/h6-7,9,12H,4-5,8,10-11H2,1-3H3. The highest BCUT2D eigenvalue weighted by Crippen LogP contribution is 2.25. The molecule has 1 unspecified atom stereocenters. The Hall–Kier alpha value is -1.71. The molecular formula is C16H23NO3. The lowest BCUT2D eigenvalue weighted by molar-refractivity contribution is -0.132. The lowest BCUT2D eigenvalue weighted by Crippen LogP contribution is -2.39. The quantitative estimate of drug-likeness (QED) is 0.849. The van der Waals surface area contributed by atoms with Gasteiger partial charge >= 0.3 is 0 Å². The van der Waals surface area contributed by atoms with Gasteiger partial charge in [0.1, 0.15) is 11.5 Å². The van der Waals surface area contributed by atoms with Crippen LogP contribution in [0.1, 0.15) is 25.3 Å². The maximum Gasteiger partial charge on any atom is 0.227 e. The van der Waals surface area contributed by atoms with E-state index >= 15 is 0 Å². The molecule has 2 rings (SSSR count). The number of ether oxygens (including phenoxy) is 2. The van der Waals surface area contributed by atoms with Crippen LogP contribution in [0.15, 0.2) is 18.2 Å². The normalized spacial score (nSPS) is 18.8. The number of methoxy groups -OCH3 is 2. The third kappa shape index (κ3) is 3.44. The number of likely N-dealkylation sites (tertiary alicyclic amines) is 1. The van der Waals surface area contributed by atoms with Gasteiger partial charge in [0.15, 0.2) is 0 Å². The van der Waals surface area contributed by atoms with Gasteiger partial charge in [-0.3, -0.25) is 4.79 Å². The maximum absolute atomic E-state index is 12.4. The Bertz CT molecular complexity index is 473. The number of rotatable bonds is 4. The van der Waals surface area contributed by atoms with E-state index in [4.69, 9.17) is 9.47 Å². The first kappa shape index (κ1) is 14.7. The highest BCUT2D eigenvalue weighted by molar-refractivity contribution is 5.79. The Kier molecular flexibility index (Phi) is 4.88. The largest absolute Gasteiger partial charge is 0.497 e. The van der Waals surface area contributed by atoms with Crippen LogP contribution in [0.2, 0.25) is 0 Å². The smallest absolute Gasteiger partial charge is 0.227 e. The number of carbonyl (C=O) groups excluding carboxylic acids is 1. The molecule has 0 aromatic heterocycles. The lowest BCUT2D eigenvalue weighted by atomic mass is 9.99. The van der Waals surface area contributed by atoms with E-state index in [1.165, 1.54) is 6.42 Å². The van der Waals surface area contributed by atoms with Gasteiger partial charge in [0.25, 0.3) is 0 Å². The van der Waals surface area contributed by atoms with E-state index in [1.807, 2.05) is 23.1 Å². The molecule has 0 saturated carbocycles. The Morgan fingerprint density at radius 2 is 2.15 bits per heavy atom. The molecule has 1 aromatic carbocycles. The van der Waals surface area contributed by atoms with Crippen molar-refractivity contribution in [3.8, 4) is 11.5 Å². The molecule has 0 N–H and O–H groups in total. The molecule has 1 saturated heterocycles. The van der Waals surface area contributed by atoms with Crippen LogP contribution in [-0.4, -0.2) is 38.1 Å². The van der Waals surface area contributed by atoms with E-state index in [0.717, 1.165) is 36.6 Å². The average molecular weight is 277 g/mol. The SMILES string of the molecule is COc1ccc(OC)c(CC(=O)N2CCCC(C)C2)c1. The van der Waals surface area contributed by atoms with Crippen molar-refractivity contribution in [3.63, 3.8) is 0 Å². The summed E-state index contributed by atoms with van der Waals surface area (Å²) in [6.07, 6.45) is 2.68. The number of nitrogens with zero attached hydrogens (tertiary/aromatic N) is 1. The van der Waals surface area contributed by atoms with Gasteiger partial charge < -0.3 is 14.4 Å². The van der Waals surface area contributed by atoms with Gasteiger partial charge in [-0.1, -0.05) is 6.92 Å². The summed E-state index contributed by atoms with van der Waals surface area (Å²) in [5.74, 6) is 2.26. The number of amides is 1. The fourth-order valence-corrected chi connectivity index (χ4v) is 2.71. The van der Waals surface area contributed by atoms with Crippen molar-refractivity contribution in [2.24, 2.45) is 5.92 Å². The summed E-state index contributed by atoms with van der Waals surface area (Å²) in [6, 6.07) is 5.57. The second-order valence-corrected chi connectivity index (χ2v) is 5.44. The first-order valence-corrected chi connectivity index (χ1v) is 7.12. The van der Waals surface area contributed by atoms with Crippen LogP contribution in [0.3, 0.4) is 0 Å². The van der Waals surface area contributed by atoms with Crippen molar-refractivity contribution in [2.75, 3.05) is 27.3 Å². The predicted octanol–water partition coefficient (Wildman–Crippen LogP) is 2.50. The van der Waals surface area contributed by atoms with Gasteiger partial charge in [-0.05, 0) is 37.0 Å². The summed E-state index contributed by atoms with van der Waals surface area (Å²) in [4.78, 5) is 14.4. The van der Waals surface area contributed by atoms with Gasteiger partial charge in [0.05, 0.1) is 20.6 Å². The van der Waals surface area contributed by atoms with Crippen molar-refractivity contribution in [3.05, 3.63) is 23.8 Å². The highest BCUT2D eigenvalue weighted by Gasteiger charge is 2.22. The Morgan fingerprint density at radius 1 is 1.35 bits per heavy atom. The van der Waals surface area contributed by atoms with Crippen molar-refractivity contribution in [1.82, 2.24) is 4.90 Å². The molecule has 4 heteroatoms. The molecule has 110 valence electrons. The molecule has 0 spiro atoms.